The van der Waals surface area contributed by atoms with Gasteiger partial charge >= 0.3 is 0 Å². The van der Waals surface area contributed by atoms with E-state index >= 15 is 0 Å². The molecule has 2 aromatic heterocycles. The molecule has 1 atom stereocenters. The van der Waals surface area contributed by atoms with Crippen LogP contribution in [0.5, 0.6) is 0 Å². The number of halogens is 2. The summed E-state index contributed by atoms with van der Waals surface area (Å²) in [6.45, 7) is 2.05. The first-order valence-corrected chi connectivity index (χ1v) is 15.5. The SMILES string of the molecule is Cc1ccc([C@@H]2CC(c3ccc(Br)cc3)=NN2C(=O)CSc2nnc(CNC(=O)c3ccco3)n2-c2ccc(F)cc2)cc1. The zero-order valence-electron chi connectivity index (χ0n) is 23.5. The summed E-state index contributed by atoms with van der Waals surface area (Å²) in [5, 5.41) is 18.1. The number of nitrogens with zero attached hydrogens (tertiary/aromatic N) is 5. The number of hydrogen-bond acceptors (Lipinski definition) is 7. The van der Waals surface area contributed by atoms with Gasteiger partial charge in [-0.05, 0) is 66.6 Å². The number of aryl methyl sites for hydroxylation is 1. The van der Waals surface area contributed by atoms with E-state index in [0.717, 1.165) is 26.9 Å². The number of carbonyl (C=O) groups excluding carboxylic acids is 2. The number of benzene rings is 3. The lowest BCUT2D eigenvalue weighted by Crippen LogP contribution is -2.28. The van der Waals surface area contributed by atoms with E-state index in [0.29, 0.717) is 23.1 Å². The van der Waals surface area contributed by atoms with Gasteiger partial charge in [-0.15, -0.1) is 10.2 Å². The summed E-state index contributed by atoms with van der Waals surface area (Å²) in [7, 11) is 0. The van der Waals surface area contributed by atoms with Crippen LogP contribution in [0.25, 0.3) is 5.69 Å². The highest BCUT2D eigenvalue weighted by atomic mass is 79.9. The normalized spacial score (nSPS) is 14.5. The Balaban J connectivity index is 1.25. The van der Waals surface area contributed by atoms with Gasteiger partial charge in [0, 0.05) is 16.6 Å². The van der Waals surface area contributed by atoms with Crippen LogP contribution < -0.4 is 5.32 Å². The maximum atomic E-state index is 13.8. The van der Waals surface area contributed by atoms with E-state index in [1.807, 2.05) is 55.5 Å². The fourth-order valence-corrected chi connectivity index (χ4v) is 5.90. The number of aromatic nitrogens is 3. The van der Waals surface area contributed by atoms with Gasteiger partial charge in [0.05, 0.1) is 30.3 Å². The molecule has 1 aliphatic heterocycles. The van der Waals surface area contributed by atoms with Crippen molar-refractivity contribution >= 4 is 45.2 Å². The lowest BCUT2D eigenvalue weighted by molar-refractivity contribution is -0.130. The van der Waals surface area contributed by atoms with Crippen molar-refractivity contribution < 1.29 is 18.4 Å². The number of thioether (sulfide) groups is 1. The van der Waals surface area contributed by atoms with Crippen LogP contribution in [0.2, 0.25) is 0 Å². The van der Waals surface area contributed by atoms with Crippen LogP contribution in [0.4, 0.5) is 4.39 Å². The lowest BCUT2D eigenvalue weighted by atomic mass is 9.98. The molecule has 0 saturated carbocycles. The molecule has 1 N–H and O–H groups in total. The standard InChI is InChI=1S/C32H26BrFN6O3S/c1-20-4-6-22(7-5-20)27-17-26(21-8-10-23(33)11-9-21)38-40(27)30(41)19-44-32-37-36-29(18-35-31(42)28-3-2-16-43-28)39(32)25-14-12-24(34)13-15-25/h2-16,27H,17-19H2,1H3,(H,35,42)/t27-/m0/s1. The Morgan fingerprint density at radius 3 is 2.48 bits per heavy atom. The fourth-order valence-electron chi connectivity index (χ4n) is 4.81. The number of rotatable bonds is 9. The molecule has 222 valence electrons. The first-order valence-electron chi connectivity index (χ1n) is 13.7. The van der Waals surface area contributed by atoms with Crippen molar-refractivity contribution in [2.45, 2.75) is 31.1 Å². The van der Waals surface area contributed by atoms with Crippen LogP contribution in [-0.4, -0.2) is 43.1 Å². The van der Waals surface area contributed by atoms with Crippen molar-refractivity contribution in [3.63, 3.8) is 0 Å². The minimum atomic E-state index is -0.413. The molecule has 0 spiro atoms. The van der Waals surface area contributed by atoms with Gasteiger partial charge in [0.25, 0.3) is 11.8 Å². The van der Waals surface area contributed by atoms with E-state index in [4.69, 9.17) is 9.52 Å². The molecule has 3 aromatic carbocycles. The molecule has 0 saturated heterocycles. The van der Waals surface area contributed by atoms with Gasteiger partial charge in [0.1, 0.15) is 5.82 Å². The van der Waals surface area contributed by atoms with E-state index in [9.17, 15) is 14.0 Å². The molecule has 9 nitrogen and oxygen atoms in total. The maximum absolute atomic E-state index is 13.8. The van der Waals surface area contributed by atoms with Crippen LogP contribution in [0.1, 0.15) is 45.5 Å². The number of nitrogens with one attached hydrogen (secondary N) is 1. The summed E-state index contributed by atoms with van der Waals surface area (Å²) in [6.07, 6.45) is 1.99. The number of amides is 2. The quantitative estimate of drug-likeness (QED) is 0.180. The summed E-state index contributed by atoms with van der Waals surface area (Å²) in [5.41, 5.74) is 4.48. The van der Waals surface area contributed by atoms with Gasteiger partial charge in [-0.3, -0.25) is 14.2 Å². The first-order chi connectivity index (χ1) is 21.4. The fraction of sp³-hybridized carbons (Fsp3) is 0.156. The van der Waals surface area contributed by atoms with Crippen molar-refractivity contribution in [1.29, 1.82) is 0 Å². The Morgan fingerprint density at radius 1 is 1.02 bits per heavy atom. The monoisotopic (exact) mass is 672 g/mol. The van der Waals surface area contributed by atoms with E-state index < -0.39 is 11.7 Å². The summed E-state index contributed by atoms with van der Waals surface area (Å²) >= 11 is 4.67. The van der Waals surface area contributed by atoms with E-state index in [1.165, 1.54) is 30.2 Å². The minimum absolute atomic E-state index is 0.0254. The second-order valence-electron chi connectivity index (χ2n) is 10.1. The van der Waals surface area contributed by atoms with Crippen molar-refractivity contribution in [1.82, 2.24) is 25.1 Å². The molecule has 2 amide bonds. The van der Waals surface area contributed by atoms with Gasteiger partial charge in [-0.1, -0.05) is 69.7 Å². The summed E-state index contributed by atoms with van der Waals surface area (Å²) < 4.78 is 21.6. The highest BCUT2D eigenvalue weighted by Crippen LogP contribution is 2.34. The van der Waals surface area contributed by atoms with Crippen LogP contribution in [0.3, 0.4) is 0 Å². The van der Waals surface area contributed by atoms with E-state index in [2.05, 4.69) is 31.4 Å². The Bertz CT molecular complexity index is 1810. The smallest absolute Gasteiger partial charge is 0.287 e. The Kier molecular flexibility index (Phi) is 8.71. The highest BCUT2D eigenvalue weighted by molar-refractivity contribution is 9.10. The van der Waals surface area contributed by atoms with Crippen LogP contribution in [0.15, 0.2) is 110 Å². The predicted molar refractivity (Wildman–Crippen MR) is 168 cm³/mol. The first kappa shape index (κ1) is 29.5. The van der Waals surface area contributed by atoms with E-state index in [1.54, 1.807) is 33.8 Å². The molecule has 5 aromatic rings. The molecule has 0 radical (unpaired) electrons. The van der Waals surface area contributed by atoms with Crippen molar-refractivity contribution in [2.75, 3.05) is 5.75 Å². The molecule has 0 bridgehead atoms. The second-order valence-corrected chi connectivity index (χ2v) is 11.9. The van der Waals surface area contributed by atoms with Crippen molar-refractivity contribution in [3.05, 3.63) is 130 Å². The average molecular weight is 674 g/mol. The summed E-state index contributed by atoms with van der Waals surface area (Å²) in [4.78, 5) is 26.2. The third-order valence-corrected chi connectivity index (χ3v) is 8.51. The van der Waals surface area contributed by atoms with Gasteiger partial charge in [0.15, 0.2) is 16.7 Å². The van der Waals surface area contributed by atoms with Gasteiger partial charge in [-0.25, -0.2) is 9.40 Å². The topological polar surface area (TPSA) is 106 Å². The predicted octanol–water partition coefficient (Wildman–Crippen LogP) is 6.47. The molecule has 44 heavy (non-hydrogen) atoms. The Morgan fingerprint density at radius 2 is 1.77 bits per heavy atom. The number of carbonyl (C=O) groups is 2. The number of hydrogen-bond donors (Lipinski definition) is 1. The molecule has 1 aliphatic rings. The lowest BCUT2D eigenvalue weighted by Gasteiger charge is -2.22. The van der Waals surface area contributed by atoms with Gasteiger partial charge in [-0.2, -0.15) is 5.10 Å². The molecular formula is C32H26BrFN6O3S. The average Bonchev–Trinajstić information content (AvgIpc) is 3.81. The van der Waals surface area contributed by atoms with Gasteiger partial charge in [0.2, 0.25) is 0 Å². The molecule has 12 heteroatoms. The second kappa shape index (κ2) is 13.0. The Hall–Kier alpha value is -4.55. The molecule has 0 fully saturated rings. The molecule has 3 heterocycles. The molecule has 0 aliphatic carbocycles. The van der Waals surface area contributed by atoms with Crippen LogP contribution >= 0.6 is 27.7 Å². The zero-order chi connectivity index (χ0) is 30.6. The Labute approximate surface area is 265 Å². The number of furan rings is 1. The van der Waals surface area contributed by atoms with Crippen molar-refractivity contribution in [2.24, 2.45) is 5.10 Å². The number of hydrazone groups is 1. The molecule has 6 rings (SSSR count). The zero-order valence-corrected chi connectivity index (χ0v) is 25.9. The van der Waals surface area contributed by atoms with Crippen LogP contribution in [-0.2, 0) is 11.3 Å². The third-order valence-electron chi connectivity index (χ3n) is 7.07. The minimum Gasteiger partial charge on any atom is -0.459 e. The third kappa shape index (κ3) is 6.51. The molecule has 0 unspecified atom stereocenters. The summed E-state index contributed by atoms with van der Waals surface area (Å²) in [6, 6.07) is 24.7. The highest BCUT2D eigenvalue weighted by Gasteiger charge is 2.33. The van der Waals surface area contributed by atoms with E-state index in [-0.39, 0.29) is 30.0 Å². The van der Waals surface area contributed by atoms with Crippen molar-refractivity contribution in [3.8, 4) is 5.69 Å². The van der Waals surface area contributed by atoms with Gasteiger partial charge < -0.3 is 9.73 Å². The van der Waals surface area contributed by atoms with Crippen LogP contribution in [0, 0.1) is 12.7 Å². The summed E-state index contributed by atoms with van der Waals surface area (Å²) in [5.74, 6) is -0.417. The molecular weight excluding hydrogens is 647 g/mol. The largest absolute Gasteiger partial charge is 0.459 e. The maximum Gasteiger partial charge on any atom is 0.287 e.